The summed E-state index contributed by atoms with van der Waals surface area (Å²) in [4.78, 5) is 30.3. The number of carbonyl (C=O) groups is 2. The number of aromatic nitrogens is 2. The van der Waals surface area contributed by atoms with Crippen molar-refractivity contribution >= 4 is 11.9 Å². The fourth-order valence-electron chi connectivity index (χ4n) is 3.43. The van der Waals surface area contributed by atoms with Crippen molar-refractivity contribution < 1.29 is 24.2 Å². The lowest BCUT2D eigenvalue weighted by atomic mass is 10.0. The zero-order valence-electron chi connectivity index (χ0n) is 21.6. The molecule has 0 bridgehead atoms. The molecular formula is C29H36N2O5. The molecular weight excluding hydrogens is 456 g/mol. The highest BCUT2D eigenvalue weighted by molar-refractivity contribution is 5.77. The Balaban J connectivity index is 0.000000493. The lowest BCUT2D eigenvalue weighted by Gasteiger charge is -2.17. The molecule has 0 unspecified atom stereocenters. The number of carboxylic acid groups (broad SMARTS) is 1. The average Bonchev–Trinajstić information content (AvgIpc) is 2.83. The molecule has 0 saturated heterocycles. The number of benzene rings is 2. The average molecular weight is 493 g/mol. The summed E-state index contributed by atoms with van der Waals surface area (Å²) in [6.07, 6.45) is 5.46. The minimum absolute atomic E-state index is 0.225. The van der Waals surface area contributed by atoms with Crippen LogP contribution in [0.5, 0.6) is 0 Å². The van der Waals surface area contributed by atoms with E-state index in [1.54, 1.807) is 0 Å². The van der Waals surface area contributed by atoms with Gasteiger partial charge in [-0.1, -0.05) is 67.1 Å². The number of carbonyl (C=O) groups excluding carboxylic acids is 1. The summed E-state index contributed by atoms with van der Waals surface area (Å²) in [5, 5.41) is 8.55. The van der Waals surface area contributed by atoms with Gasteiger partial charge in [0.25, 0.3) is 0 Å². The molecule has 0 radical (unpaired) electrons. The van der Waals surface area contributed by atoms with E-state index in [0.29, 0.717) is 6.61 Å². The van der Waals surface area contributed by atoms with Crippen LogP contribution in [0.1, 0.15) is 52.7 Å². The Morgan fingerprint density at radius 3 is 1.94 bits per heavy atom. The van der Waals surface area contributed by atoms with Crippen LogP contribution in [0.25, 0.3) is 22.5 Å². The van der Waals surface area contributed by atoms with Crippen molar-refractivity contribution in [2.75, 3.05) is 13.2 Å². The van der Waals surface area contributed by atoms with Gasteiger partial charge in [-0.3, -0.25) is 9.78 Å². The molecule has 0 aliphatic heterocycles. The van der Waals surface area contributed by atoms with E-state index >= 15 is 0 Å². The van der Waals surface area contributed by atoms with Crippen molar-refractivity contribution in [3.05, 3.63) is 72.6 Å². The Morgan fingerprint density at radius 1 is 0.861 bits per heavy atom. The smallest absolute Gasteiger partial charge is 0.329 e. The van der Waals surface area contributed by atoms with Crippen molar-refractivity contribution in [1.29, 1.82) is 0 Å². The van der Waals surface area contributed by atoms with Gasteiger partial charge in [-0.2, -0.15) is 0 Å². The molecule has 0 atom stereocenters. The van der Waals surface area contributed by atoms with E-state index < -0.39 is 5.97 Å². The van der Waals surface area contributed by atoms with Crippen molar-refractivity contribution in [2.45, 2.75) is 59.0 Å². The van der Waals surface area contributed by atoms with Gasteiger partial charge in [0.05, 0.1) is 17.1 Å². The van der Waals surface area contributed by atoms with E-state index in [1.807, 2.05) is 75.5 Å². The molecule has 0 aliphatic carbocycles. The summed E-state index contributed by atoms with van der Waals surface area (Å²) in [7, 11) is 0. The van der Waals surface area contributed by atoms with Gasteiger partial charge in [0.2, 0.25) is 0 Å². The highest BCUT2D eigenvalue weighted by atomic mass is 16.6. The van der Waals surface area contributed by atoms with Gasteiger partial charge in [0.1, 0.15) is 12.2 Å². The number of nitrogens with zero attached hydrogens (tertiary/aromatic N) is 2. The Hall–Kier alpha value is -3.58. The number of carboxylic acids is 1. The van der Waals surface area contributed by atoms with E-state index in [4.69, 9.17) is 24.5 Å². The Morgan fingerprint density at radius 2 is 1.44 bits per heavy atom. The molecule has 3 aromatic rings. The highest BCUT2D eigenvalue weighted by Gasteiger charge is 2.12. The van der Waals surface area contributed by atoms with Gasteiger partial charge < -0.3 is 14.6 Å². The summed E-state index contributed by atoms with van der Waals surface area (Å²) >= 11 is 0. The van der Waals surface area contributed by atoms with E-state index in [2.05, 4.69) is 12.1 Å². The first-order valence-corrected chi connectivity index (χ1v) is 12.1. The molecule has 1 heterocycles. The molecule has 7 heteroatoms. The summed E-state index contributed by atoms with van der Waals surface area (Å²) in [5.41, 5.74) is 4.52. The summed E-state index contributed by atoms with van der Waals surface area (Å²) in [5.74, 6) is -1.15. The molecule has 192 valence electrons. The SMILES string of the molecule is CC(=O)OC(C)(C)C.O=C(O)COCCCCCc1cnc(-c2ccccc2)c(-c2ccccc2)n1. The van der Waals surface area contributed by atoms with Crippen LogP contribution >= 0.6 is 0 Å². The van der Waals surface area contributed by atoms with E-state index in [9.17, 15) is 9.59 Å². The number of hydrogen-bond donors (Lipinski definition) is 1. The maximum Gasteiger partial charge on any atom is 0.329 e. The fraction of sp³-hybridized carbons (Fsp3) is 0.379. The van der Waals surface area contributed by atoms with Crippen molar-refractivity contribution in [2.24, 2.45) is 0 Å². The molecule has 1 aromatic heterocycles. The van der Waals surface area contributed by atoms with Gasteiger partial charge in [-0.15, -0.1) is 0 Å². The van der Waals surface area contributed by atoms with Crippen molar-refractivity contribution in [1.82, 2.24) is 9.97 Å². The Labute approximate surface area is 213 Å². The minimum atomic E-state index is -0.928. The molecule has 0 fully saturated rings. The largest absolute Gasteiger partial charge is 0.480 e. The van der Waals surface area contributed by atoms with Gasteiger partial charge in [0.15, 0.2) is 0 Å². The van der Waals surface area contributed by atoms with E-state index in [0.717, 1.165) is 53.9 Å². The summed E-state index contributed by atoms with van der Waals surface area (Å²) in [6.45, 7) is 7.18. The third-order valence-electron chi connectivity index (χ3n) is 4.81. The number of ether oxygens (including phenoxy) is 2. The molecule has 2 aromatic carbocycles. The van der Waals surface area contributed by atoms with Crippen LogP contribution in [0.15, 0.2) is 66.9 Å². The number of unbranched alkanes of at least 4 members (excludes halogenated alkanes) is 2. The van der Waals surface area contributed by atoms with Crippen molar-refractivity contribution in [3.63, 3.8) is 0 Å². The molecule has 0 spiro atoms. The maximum absolute atomic E-state index is 10.4. The standard InChI is InChI=1S/C23H24N2O3.C6H12O2/c26-21(27)17-28-15-9-3-8-14-20-16-24-22(18-10-4-1-5-11-18)23(25-20)19-12-6-2-7-13-19;1-5(7)8-6(2,3)4/h1-2,4-7,10-13,16H,3,8-9,14-15,17H2,(H,26,27);1-4H3. The van der Waals surface area contributed by atoms with Crippen molar-refractivity contribution in [3.8, 4) is 22.5 Å². The molecule has 3 rings (SSSR count). The monoisotopic (exact) mass is 492 g/mol. The summed E-state index contributed by atoms with van der Waals surface area (Å²) < 4.78 is 9.86. The first-order valence-electron chi connectivity index (χ1n) is 12.1. The first-order chi connectivity index (χ1) is 17.2. The second-order valence-electron chi connectivity index (χ2n) is 9.25. The third kappa shape index (κ3) is 11.2. The number of hydrogen-bond acceptors (Lipinski definition) is 6. The number of aliphatic carboxylic acids is 1. The first kappa shape index (κ1) is 28.7. The molecule has 1 N–H and O–H groups in total. The van der Waals surface area contributed by atoms with Crippen LogP contribution in [0.2, 0.25) is 0 Å². The predicted molar refractivity (Wildman–Crippen MR) is 140 cm³/mol. The topological polar surface area (TPSA) is 98.6 Å². The maximum atomic E-state index is 10.4. The van der Waals surface area contributed by atoms with Crippen LogP contribution in [0.4, 0.5) is 0 Å². The lowest BCUT2D eigenvalue weighted by Crippen LogP contribution is -2.21. The second kappa shape index (κ2) is 14.7. The molecule has 7 nitrogen and oxygen atoms in total. The Kier molecular flexibility index (Phi) is 11.7. The quantitative estimate of drug-likeness (QED) is 0.275. The molecule has 0 aliphatic rings. The Bertz CT molecular complexity index is 1080. The second-order valence-corrected chi connectivity index (χ2v) is 9.25. The van der Waals surface area contributed by atoms with Crippen LogP contribution in [-0.2, 0) is 25.5 Å². The summed E-state index contributed by atoms with van der Waals surface area (Å²) in [6, 6.07) is 20.2. The van der Waals surface area contributed by atoms with Gasteiger partial charge in [-0.25, -0.2) is 9.78 Å². The fourth-order valence-corrected chi connectivity index (χ4v) is 3.43. The minimum Gasteiger partial charge on any atom is -0.480 e. The van der Waals surface area contributed by atoms with Crippen LogP contribution in [-0.4, -0.2) is 45.8 Å². The van der Waals surface area contributed by atoms with Gasteiger partial charge in [-0.05, 0) is 40.0 Å². The molecule has 0 saturated carbocycles. The van der Waals surface area contributed by atoms with Crippen LogP contribution in [0.3, 0.4) is 0 Å². The zero-order valence-corrected chi connectivity index (χ0v) is 21.6. The third-order valence-corrected chi connectivity index (χ3v) is 4.81. The highest BCUT2D eigenvalue weighted by Crippen LogP contribution is 2.28. The predicted octanol–water partition coefficient (Wildman–Crippen LogP) is 5.97. The van der Waals surface area contributed by atoms with E-state index in [-0.39, 0.29) is 18.2 Å². The van der Waals surface area contributed by atoms with Crippen LogP contribution in [0, 0.1) is 0 Å². The van der Waals surface area contributed by atoms with Crippen LogP contribution < -0.4 is 0 Å². The number of aryl methyl sites for hydroxylation is 1. The zero-order chi connectivity index (χ0) is 26.4. The normalized spacial score (nSPS) is 10.8. The lowest BCUT2D eigenvalue weighted by molar-refractivity contribution is -0.152. The van der Waals surface area contributed by atoms with Gasteiger partial charge >= 0.3 is 11.9 Å². The number of rotatable bonds is 10. The number of esters is 1. The molecule has 36 heavy (non-hydrogen) atoms. The van der Waals surface area contributed by atoms with E-state index in [1.165, 1.54) is 6.92 Å². The van der Waals surface area contributed by atoms with Gasteiger partial charge in [0, 0.05) is 30.9 Å². The molecule has 0 amide bonds.